The minimum absolute atomic E-state index is 0.466. The van der Waals surface area contributed by atoms with Crippen LogP contribution in [0.1, 0.15) is 11.1 Å². The molecule has 2 N–H and O–H groups in total. The number of likely N-dealkylation sites (N-methyl/N-ethyl adjacent to an activating group) is 1. The number of ether oxygens (including phenoxy) is 2. The Kier molecular flexibility index (Phi) is 6.85. The number of hydrogen-bond acceptors (Lipinski definition) is 7. The van der Waals surface area contributed by atoms with Crippen LogP contribution in [0.25, 0.3) is 33.3 Å². The Morgan fingerprint density at radius 2 is 1.74 bits per heavy atom. The summed E-state index contributed by atoms with van der Waals surface area (Å²) < 4.78 is 13.0. The zero-order chi connectivity index (χ0) is 26.9. The number of fused-ring (bicyclic) bond motifs is 2. The molecule has 0 spiro atoms. The predicted molar refractivity (Wildman–Crippen MR) is 156 cm³/mol. The normalized spacial score (nSPS) is 14.4. The van der Waals surface area contributed by atoms with Gasteiger partial charge in [-0.2, -0.15) is 0 Å². The second kappa shape index (κ2) is 10.6. The summed E-state index contributed by atoms with van der Waals surface area (Å²) in [7, 11) is 7.42. The fraction of sp³-hybridized carbons (Fsp3) is 0.333. The molecule has 39 heavy (non-hydrogen) atoms. The maximum atomic E-state index is 5.46. The van der Waals surface area contributed by atoms with Crippen LogP contribution in [0.2, 0.25) is 0 Å². The van der Waals surface area contributed by atoms with Gasteiger partial charge in [-0.05, 0) is 42.4 Å². The van der Waals surface area contributed by atoms with Gasteiger partial charge in [-0.3, -0.25) is 0 Å². The molecule has 0 unspecified atom stereocenters. The fourth-order valence-corrected chi connectivity index (χ4v) is 5.36. The Morgan fingerprint density at radius 3 is 2.49 bits per heavy atom. The Bertz CT molecular complexity index is 1600. The van der Waals surface area contributed by atoms with Crippen LogP contribution in [-0.4, -0.2) is 71.9 Å². The van der Waals surface area contributed by atoms with E-state index in [-0.39, 0.29) is 0 Å². The van der Waals surface area contributed by atoms with Crippen molar-refractivity contribution in [1.29, 1.82) is 0 Å². The number of benzene rings is 1. The number of aromatic nitrogens is 4. The van der Waals surface area contributed by atoms with Gasteiger partial charge in [0, 0.05) is 81.4 Å². The Labute approximate surface area is 228 Å². The molecule has 1 aliphatic rings. The van der Waals surface area contributed by atoms with Crippen molar-refractivity contribution in [1.82, 2.24) is 29.7 Å². The summed E-state index contributed by atoms with van der Waals surface area (Å²) in [5, 5.41) is 4.72. The Morgan fingerprint density at radius 1 is 0.949 bits per heavy atom. The number of aromatic amines is 1. The summed E-state index contributed by atoms with van der Waals surface area (Å²) in [5.41, 5.74) is 8.42. The molecule has 1 fully saturated rings. The van der Waals surface area contributed by atoms with Crippen LogP contribution in [0.5, 0.6) is 11.6 Å². The summed E-state index contributed by atoms with van der Waals surface area (Å²) in [6.07, 6.45) is 3.94. The maximum Gasteiger partial charge on any atom is 0.257 e. The molecule has 1 aromatic carbocycles. The van der Waals surface area contributed by atoms with Crippen LogP contribution < -0.4 is 19.7 Å². The molecule has 0 aliphatic carbocycles. The molecule has 0 atom stereocenters. The van der Waals surface area contributed by atoms with Gasteiger partial charge in [-0.15, -0.1) is 0 Å². The predicted octanol–water partition coefficient (Wildman–Crippen LogP) is 4.18. The minimum Gasteiger partial charge on any atom is -0.491 e. The van der Waals surface area contributed by atoms with Gasteiger partial charge in [0.1, 0.15) is 11.2 Å². The van der Waals surface area contributed by atoms with Crippen LogP contribution in [0.15, 0.2) is 54.9 Å². The van der Waals surface area contributed by atoms with E-state index in [2.05, 4.69) is 79.3 Å². The number of nitrogens with one attached hydrogen (secondary N) is 2. The van der Waals surface area contributed by atoms with E-state index < -0.39 is 0 Å². The van der Waals surface area contributed by atoms with Gasteiger partial charge in [-0.1, -0.05) is 12.1 Å². The molecule has 5 heterocycles. The molecule has 1 saturated heterocycles. The molecule has 4 aromatic heterocycles. The average Bonchev–Trinajstić information content (AvgIpc) is 3.54. The Balaban J connectivity index is 1.19. The standard InChI is InChI=1S/C30H35N7O2/c1-35-11-13-37(14-12-35)22-7-5-20(6-8-22)17-31-18-21-9-10-32-29-23(21)15-25(33-29)24-19-36(2)26-16-27(38-3)30(39-4)34-28(24)26/h5-10,15-16,19,31H,11-14,17-18H2,1-4H3,(H,32,33). The first-order valence-corrected chi connectivity index (χ1v) is 13.3. The first-order valence-electron chi connectivity index (χ1n) is 13.3. The molecule has 5 aromatic rings. The highest BCUT2D eigenvalue weighted by molar-refractivity contribution is 5.96. The first kappa shape index (κ1) is 25.2. The molecule has 9 nitrogen and oxygen atoms in total. The molecule has 1 aliphatic heterocycles. The lowest BCUT2D eigenvalue weighted by molar-refractivity contribution is 0.313. The maximum absolute atomic E-state index is 5.46. The second-order valence-electron chi connectivity index (χ2n) is 10.2. The molecule has 0 amide bonds. The highest BCUT2D eigenvalue weighted by atomic mass is 16.5. The smallest absolute Gasteiger partial charge is 0.257 e. The van der Waals surface area contributed by atoms with Crippen molar-refractivity contribution in [3.63, 3.8) is 0 Å². The van der Waals surface area contributed by atoms with E-state index in [1.165, 1.54) is 16.8 Å². The van der Waals surface area contributed by atoms with Crippen molar-refractivity contribution >= 4 is 27.8 Å². The SMILES string of the molecule is COc1cc2c(nc1OC)c(-c1cc3c(CNCc4ccc(N5CCN(C)CC5)cc4)ccnc3[nH]1)cn2C. The lowest BCUT2D eigenvalue weighted by Gasteiger charge is -2.34. The highest BCUT2D eigenvalue weighted by Gasteiger charge is 2.18. The van der Waals surface area contributed by atoms with E-state index >= 15 is 0 Å². The number of methoxy groups -OCH3 is 2. The van der Waals surface area contributed by atoms with Gasteiger partial charge in [0.05, 0.1) is 25.4 Å². The number of H-pyrrole nitrogens is 1. The van der Waals surface area contributed by atoms with E-state index in [0.717, 1.165) is 72.6 Å². The molecule has 202 valence electrons. The van der Waals surface area contributed by atoms with Crippen LogP contribution in [0.4, 0.5) is 5.69 Å². The number of piperazine rings is 1. The van der Waals surface area contributed by atoms with E-state index in [1.807, 2.05) is 19.3 Å². The van der Waals surface area contributed by atoms with Gasteiger partial charge in [-0.25, -0.2) is 9.97 Å². The van der Waals surface area contributed by atoms with Crippen LogP contribution in [-0.2, 0) is 20.1 Å². The van der Waals surface area contributed by atoms with Crippen molar-refractivity contribution in [3.8, 4) is 22.9 Å². The quantitative estimate of drug-likeness (QED) is 0.315. The largest absolute Gasteiger partial charge is 0.491 e. The number of aryl methyl sites for hydroxylation is 1. The third-order valence-corrected chi connectivity index (χ3v) is 7.67. The number of anilines is 1. The first-order chi connectivity index (χ1) is 19.0. The summed E-state index contributed by atoms with van der Waals surface area (Å²) in [5.74, 6) is 1.08. The number of hydrogen-bond donors (Lipinski definition) is 2. The van der Waals surface area contributed by atoms with Crippen LogP contribution in [0, 0.1) is 0 Å². The molecular formula is C30H35N7O2. The number of nitrogens with zero attached hydrogens (tertiary/aromatic N) is 5. The zero-order valence-corrected chi connectivity index (χ0v) is 23.0. The minimum atomic E-state index is 0.466. The molecule has 0 bridgehead atoms. The van der Waals surface area contributed by atoms with Crippen molar-refractivity contribution < 1.29 is 9.47 Å². The summed E-state index contributed by atoms with van der Waals surface area (Å²) >= 11 is 0. The monoisotopic (exact) mass is 525 g/mol. The molecule has 0 saturated carbocycles. The average molecular weight is 526 g/mol. The molecular weight excluding hydrogens is 490 g/mol. The van der Waals surface area contributed by atoms with Crippen molar-refractivity contribution in [3.05, 3.63) is 66.0 Å². The third kappa shape index (κ3) is 4.91. The van der Waals surface area contributed by atoms with E-state index in [1.54, 1.807) is 14.2 Å². The Hall–Kier alpha value is -4.08. The number of rotatable bonds is 8. The van der Waals surface area contributed by atoms with E-state index in [9.17, 15) is 0 Å². The van der Waals surface area contributed by atoms with Crippen molar-refractivity contribution in [2.45, 2.75) is 13.1 Å². The van der Waals surface area contributed by atoms with E-state index in [0.29, 0.717) is 11.6 Å². The van der Waals surface area contributed by atoms with Gasteiger partial charge in [0.25, 0.3) is 5.88 Å². The van der Waals surface area contributed by atoms with E-state index in [4.69, 9.17) is 14.5 Å². The van der Waals surface area contributed by atoms with Crippen molar-refractivity contribution in [2.75, 3.05) is 52.3 Å². The lowest BCUT2D eigenvalue weighted by Crippen LogP contribution is -2.44. The van der Waals surface area contributed by atoms with Gasteiger partial charge >= 0.3 is 0 Å². The highest BCUT2D eigenvalue weighted by Crippen LogP contribution is 2.36. The van der Waals surface area contributed by atoms with Gasteiger partial charge in [0.15, 0.2) is 5.75 Å². The third-order valence-electron chi connectivity index (χ3n) is 7.67. The zero-order valence-electron chi connectivity index (χ0n) is 23.0. The molecule has 0 radical (unpaired) electrons. The fourth-order valence-electron chi connectivity index (χ4n) is 5.36. The van der Waals surface area contributed by atoms with Crippen LogP contribution >= 0.6 is 0 Å². The molecule has 9 heteroatoms. The van der Waals surface area contributed by atoms with Crippen LogP contribution in [0.3, 0.4) is 0 Å². The molecule has 6 rings (SSSR count). The lowest BCUT2D eigenvalue weighted by atomic mass is 10.1. The summed E-state index contributed by atoms with van der Waals surface area (Å²) in [6, 6.07) is 15.2. The summed E-state index contributed by atoms with van der Waals surface area (Å²) in [6.45, 7) is 5.95. The number of pyridine rings is 2. The van der Waals surface area contributed by atoms with Gasteiger partial charge < -0.3 is 34.1 Å². The van der Waals surface area contributed by atoms with Gasteiger partial charge in [0.2, 0.25) is 0 Å². The summed E-state index contributed by atoms with van der Waals surface area (Å²) in [4.78, 5) is 17.7. The topological polar surface area (TPSA) is 83.5 Å². The second-order valence-corrected chi connectivity index (χ2v) is 10.2. The van der Waals surface area contributed by atoms with Crippen molar-refractivity contribution in [2.24, 2.45) is 7.05 Å².